The Morgan fingerprint density at radius 3 is 2.12 bits per heavy atom. The average molecular weight is 256 g/mol. The van der Waals surface area contributed by atoms with Crippen LogP contribution in [0.1, 0.15) is 11.5 Å². The Labute approximate surface area is 88.7 Å². The molecule has 0 aromatic carbocycles. The highest BCUT2D eigenvalue weighted by molar-refractivity contribution is 5.70. The molecule has 0 amide bonds. The Hall–Kier alpha value is -1.87. The predicted octanol–water partition coefficient (Wildman–Crippen LogP) is 2.39. The number of nitrogens with one attached hydrogen (secondary N) is 1. The molecule has 0 atom stereocenters. The van der Waals surface area contributed by atoms with Gasteiger partial charge in [-0.2, -0.15) is 26.3 Å². The standard InChI is InChI=1S/C7H2F6N4/c8-6(9,10)3-1-2-4(17-16-3)15-5(14-2)7(11,12)13/h1H,(H,14,15,17). The topological polar surface area (TPSA) is 54.5 Å². The van der Waals surface area contributed by atoms with Crippen LogP contribution in [0.5, 0.6) is 0 Å². The Morgan fingerprint density at radius 1 is 0.941 bits per heavy atom. The van der Waals surface area contributed by atoms with E-state index in [4.69, 9.17) is 0 Å². The van der Waals surface area contributed by atoms with Gasteiger partial charge in [0.2, 0.25) is 5.82 Å². The molecule has 10 heteroatoms. The number of hydrogen-bond donors (Lipinski definition) is 1. The summed E-state index contributed by atoms with van der Waals surface area (Å²) in [6.45, 7) is 0. The molecular formula is C7H2F6N4. The van der Waals surface area contributed by atoms with Gasteiger partial charge >= 0.3 is 12.4 Å². The van der Waals surface area contributed by atoms with E-state index in [2.05, 4.69) is 15.2 Å². The second kappa shape index (κ2) is 3.31. The lowest BCUT2D eigenvalue weighted by Gasteiger charge is -2.02. The van der Waals surface area contributed by atoms with E-state index in [0.717, 1.165) is 0 Å². The molecule has 1 N–H and O–H groups in total. The lowest BCUT2D eigenvalue weighted by Crippen LogP contribution is -2.08. The summed E-state index contributed by atoms with van der Waals surface area (Å²) < 4.78 is 73.2. The molecule has 17 heavy (non-hydrogen) atoms. The van der Waals surface area contributed by atoms with Crippen LogP contribution >= 0.6 is 0 Å². The quantitative estimate of drug-likeness (QED) is 0.736. The van der Waals surface area contributed by atoms with E-state index < -0.39 is 35.0 Å². The molecule has 0 bridgehead atoms. The highest BCUT2D eigenvalue weighted by atomic mass is 19.4. The number of hydrogen-bond acceptors (Lipinski definition) is 3. The van der Waals surface area contributed by atoms with E-state index in [1.54, 1.807) is 4.98 Å². The van der Waals surface area contributed by atoms with Crippen molar-refractivity contribution in [3.05, 3.63) is 17.6 Å². The molecule has 0 aliphatic heterocycles. The van der Waals surface area contributed by atoms with Gasteiger partial charge in [0.1, 0.15) is 0 Å². The van der Waals surface area contributed by atoms with Crippen molar-refractivity contribution in [2.45, 2.75) is 12.4 Å². The van der Waals surface area contributed by atoms with Crippen LogP contribution < -0.4 is 0 Å². The van der Waals surface area contributed by atoms with Crippen LogP contribution in [-0.4, -0.2) is 20.2 Å². The Balaban J connectivity index is 2.56. The van der Waals surface area contributed by atoms with Crippen molar-refractivity contribution in [3.8, 4) is 0 Å². The fraction of sp³-hybridized carbons (Fsp3) is 0.286. The number of halogens is 6. The number of aromatic amines is 1. The van der Waals surface area contributed by atoms with Crippen molar-refractivity contribution in [1.82, 2.24) is 20.2 Å². The molecule has 0 radical (unpaired) electrons. The number of rotatable bonds is 0. The van der Waals surface area contributed by atoms with Crippen LogP contribution in [0.25, 0.3) is 11.2 Å². The van der Waals surface area contributed by atoms with Crippen molar-refractivity contribution in [2.75, 3.05) is 0 Å². The van der Waals surface area contributed by atoms with E-state index in [9.17, 15) is 26.3 Å². The molecule has 0 spiro atoms. The van der Waals surface area contributed by atoms with Crippen molar-refractivity contribution in [3.63, 3.8) is 0 Å². The van der Waals surface area contributed by atoms with Gasteiger partial charge in [-0.25, -0.2) is 4.98 Å². The summed E-state index contributed by atoms with van der Waals surface area (Å²) >= 11 is 0. The summed E-state index contributed by atoms with van der Waals surface area (Å²) in [5.41, 5.74) is -2.38. The van der Waals surface area contributed by atoms with Gasteiger partial charge in [0, 0.05) is 0 Å². The highest BCUT2D eigenvalue weighted by Gasteiger charge is 2.37. The summed E-state index contributed by atoms with van der Waals surface area (Å²) in [5, 5.41) is 5.72. The van der Waals surface area contributed by atoms with E-state index in [1.165, 1.54) is 0 Å². The van der Waals surface area contributed by atoms with Gasteiger partial charge < -0.3 is 4.98 Å². The van der Waals surface area contributed by atoms with E-state index >= 15 is 0 Å². The predicted molar refractivity (Wildman–Crippen MR) is 41.7 cm³/mol. The normalized spacial score (nSPS) is 13.3. The van der Waals surface area contributed by atoms with Crippen molar-refractivity contribution < 1.29 is 26.3 Å². The molecule has 2 aromatic heterocycles. The van der Waals surface area contributed by atoms with Gasteiger partial charge in [0.05, 0.1) is 5.52 Å². The van der Waals surface area contributed by atoms with Gasteiger partial charge in [-0.3, -0.25) is 0 Å². The first-order valence-corrected chi connectivity index (χ1v) is 4.06. The van der Waals surface area contributed by atoms with Gasteiger partial charge in [0.15, 0.2) is 11.3 Å². The number of alkyl halides is 6. The molecule has 0 saturated heterocycles. The lowest BCUT2D eigenvalue weighted by molar-refractivity contribution is -0.144. The average Bonchev–Trinajstić information content (AvgIpc) is 2.57. The van der Waals surface area contributed by atoms with Crippen molar-refractivity contribution in [2.24, 2.45) is 0 Å². The first kappa shape index (κ1) is 11.6. The molecule has 0 aliphatic carbocycles. The number of imidazole rings is 1. The Morgan fingerprint density at radius 2 is 1.59 bits per heavy atom. The molecule has 4 nitrogen and oxygen atoms in total. The second-order valence-corrected chi connectivity index (χ2v) is 3.05. The fourth-order valence-electron chi connectivity index (χ4n) is 1.09. The van der Waals surface area contributed by atoms with Crippen LogP contribution in [0.4, 0.5) is 26.3 Å². The smallest absolute Gasteiger partial charge is 0.333 e. The van der Waals surface area contributed by atoms with Crippen LogP contribution in [0.3, 0.4) is 0 Å². The molecule has 2 rings (SSSR count). The molecule has 92 valence electrons. The number of H-pyrrole nitrogens is 1. The third-order valence-electron chi connectivity index (χ3n) is 1.80. The summed E-state index contributed by atoms with van der Waals surface area (Å²) in [5.74, 6) is -1.42. The molecule has 0 unspecified atom stereocenters. The largest absolute Gasteiger partial charge is 0.449 e. The number of nitrogens with zero attached hydrogens (tertiary/aromatic N) is 3. The van der Waals surface area contributed by atoms with Crippen LogP contribution in [0.2, 0.25) is 0 Å². The maximum atomic E-state index is 12.2. The number of fused-ring (bicyclic) bond motifs is 1. The third kappa shape index (κ3) is 2.15. The summed E-state index contributed by atoms with van der Waals surface area (Å²) in [6.07, 6.45) is -9.55. The summed E-state index contributed by atoms with van der Waals surface area (Å²) in [4.78, 5) is 4.70. The maximum Gasteiger partial charge on any atom is 0.449 e. The zero-order valence-corrected chi connectivity index (χ0v) is 7.69. The second-order valence-electron chi connectivity index (χ2n) is 3.05. The molecule has 2 aromatic rings. The molecule has 0 saturated carbocycles. The van der Waals surface area contributed by atoms with E-state index in [0.29, 0.717) is 6.07 Å². The first-order valence-electron chi connectivity index (χ1n) is 4.06. The monoisotopic (exact) mass is 256 g/mol. The lowest BCUT2D eigenvalue weighted by atomic mass is 10.3. The Bertz CT molecular complexity index is 541. The molecule has 0 fully saturated rings. The highest BCUT2D eigenvalue weighted by Crippen LogP contribution is 2.30. The summed E-state index contributed by atoms with van der Waals surface area (Å²) in [7, 11) is 0. The Kier molecular flexibility index (Phi) is 2.26. The molecule has 0 aliphatic rings. The summed E-state index contributed by atoms with van der Waals surface area (Å²) in [6, 6.07) is 0.421. The van der Waals surface area contributed by atoms with Gasteiger partial charge in [-0.05, 0) is 6.07 Å². The fourth-order valence-corrected chi connectivity index (χ4v) is 1.09. The molecule has 2 heterocycles. The van der Waals surface area contributed by atoms with E-state index in [-0.39, 0.29) is 0 Å². The third-order valence-corrected chi connectivity index (χ3v) is 1.80. The zero-order chi connectivity index (χ0) is 12.8. The van der Waals surface area contributed by atoms with Crippen LogP contribution in [-0.2, 0) is 12.4 Å². The maximum absolute atomic E-state index is 12.2. The van der Waals surface area contributed by atoms with E-state index in [1.807, 2.05) is 0 Å². The minimum Gasteiger partial charge on any atom is -0.333 e. The van der Waals surface area contributed by atoms with Crippen LogP contribution in [0.15, 0.2) is 6.07 Å². The SMILES string of the molecule is FC(F)(F)c1cc2[nH]c(C(F)(F)F)nc2nn1. The van der Waals surface area contributed by atoms with Crippen molar-refractivity contribution in [1.29, 1.82) is 0 Å². The minimum absolute atomic E-state index is 0.421. The van der Waals surface area contributed by atoms with Gasteiger partial charge in [-0.1, -0.05) is 0 Å². The first-order chi connectivity index (χ1) is 7.68. The van der Waals surface area contributed by atoms with Crippen molar-refractivity contribution >= 4 is 11.2 Å². The minimum atomic E-state index is -4.78. The molecular weight excluding hydrogens is 254 g/mol. The van der Waals surface area contributed by atoms with Gasteiger partial charge in [-0.15, -0.1) is 10.2 Å². The zero-order valence-electron chi connectivity index (χ0n) is 7.69. The van der Waals surface area contributed by atoms with Crippen LogP contribution in [0, 0.1) is 0 Å². The van der Waals surface area contributed by atoms with Gasteiger partial charge in [0.25, 0.3) is 0 Å². The number of aromatic nitrogens is 4.